The molecule has 1 aromatic carbocycles. The van der Waals surface area contributed by atoms with Crippen molar-refractivity contribution >= 4 is 29.9 Å². The SMILES string of the molecule is CN=C(NCc1ccc(OCC(F)(F)F)nc1)NCc1cc(OC)ccc1OC(F)F.I. The molecule has 0 unspecified atom stereocenters. The highest BCUT2D eigenvalue weighted by Gasteiger charge is 2.28. The molecule has 32 heavy (non-hydrogen) atoms. The number of hydrogen-bond acceptors (Lipinski definition) is 5. The van der Waals surface area contributed by atoms with E-state index in [2.05, 4.69) is 30.1 Å². The molecule has 0 amide bonds. The maximum absolute atomic E-state index is 12.6. The lowest BCUT2D eigenvalue weighted by atomic mass is 10.2. The van der Waals surface area contributed by atoms with Crippen LogP contribution in [0, 0.1) is 0 Å². The second kappa shape index (κ2) is 13.1. The van der Waals surface area contributed by atoms with E-state index in [4.69, 9.17) is 4.74 Å². The van der Waals surface area contributed by atoms with Gasteiger partial charge in [-0.25, -0.2) is 4.98 Å². The maximum atomic E-state index is 12.6. The van der Waals surface area contributed by atoms with Gasteiger partial charge in [0.25, 0.3) is 0 Å². The lowest BCUT2D eigenvalue weighted by Crippen LogP contribution is -2.36. The van der Waals surface area contributed by atoms with Crippen LogP contribution in [-0.4, -0.2) is 44.5 Å². The van der Waals surface area contributed by atoms with E-state index in [0.29, 0.717) is 22.8 Å². The Morgan fingerprint density at radius 2 is 1.84 bits per heavy atom. The van der Waals surface area contributed by atoms with Crippen LogP contribution < -0.4 is 24.8 Å². The van der Waals surface area contributed by atoms with Crippen LogP contribution in [0.2, 0.25) is 0 Å². The second-order valence-electron chi connectivity index (χ2n) is 6.04. The van der Waals surface area contributed by atoms with Crippen LogP contribution in [-0.2, 0) is 13.1 Å². The Hall–Kier alpha value is -2.58. The van der Waals surface area contributed by atoms with Crippen molar-refractivity contribution in [3.63, 3.8) is 0 Å². The molecule has 0 fully saturated rings. The van der Waals surface area contributed by atoms with Crippen molar-refractivity contribution in [1.29, 1.82) is 0 Å². The number of alkyl halides is 5. The van der Waals surface area contributed by atoms with Crippen molar-refractivity contribution in [3.05, 3.63) is 47.7 Å². The fourth-order valence-corrected chi connectivity index (χ4v) is 2.37. The topological polar surface area (TPSA) is 77.0 Å². The van der Waals surface area contributed by atoms with Gasteiger partial charge in [-0.1, -0.05) is 6.07 Å². The van der Waals surface area contributed by atoms with Gasteiger partial charge in [0.2, 0.25) is 5.88 Å². The third-order valence-electron chi connectivity index (χ3n) is 3.79. The number of nitrogens with zero attached hydrogens (tertiary/aromatic N) is 2. The van der Waals surface area contributed by atoms with E-state index < -0.39 is 19.4 Å². The highest BCUT2D eigenvalue weighted by Crippen LogP contribution is 2.25. The van der Waals surface area contributed by atoms with Crippen LogP contribution in [0.3, 0.4) is 0 Å². The summed E-state index contributed by atoms with van der Waals surface area (Å²) in [5.74, 6) is 0.675. The van der Waals surface area contributed by atoms with Gasteiger partial charge in [0.15, 0.2) is 12.6 Å². The molecule has 0 atom stereocenters. The molecule has 0 spiro atoms. The van der Waals surface area contributed by atoms with E-state index in [1.165, 1.54) is 38.6 Å². The Labute approximate surface area is 198 Å². The van der Waals surface area contributed by atoms with Gasteiger partial charge in [0.1, 0.15) is 11.5 Å². The molecule has 0 saturated carbocycles. The molecular formula is C19H22F5IN4O3. The Balaban J connectivity index is 0.00000512. The first-order valence-electron chi connectivity index (χ1n) is 8.91. The molecule has 0 bridgehead atoms. The Kier molecular flexibility index (Phi) is 11.2. The van der Waals surface area contributed by atoms with Crippen LogP contribution in [0.25, 0.3) is 0 Å². The number of pyridine rings is 1. The number of aromatic nitrogens is 1. The summed E-state index contributed by atoms with van der Waals surface area (Å²) in [4.78, 5) is 7.84. The molecule has 0 aliphatic carbocycles. The van der Waals surface area contributed by atoms with Crippen molar-refractivity contribution in [2.75, 3.05) is 20.8 Å². The molecule has 1 heterocycles. The van der Waals surface area contributed by atoms with E-state index in [0.717, 1.165) is 0 Å². The predicted octanol–water partition coefficient (Wildman–Crippen LogP) is 4.12. The number of benzene rings is 1. The quantitative estimate of drug-likeness (QED) is 0.203. The summed E-state index contributed by atoms with van der Waals surface area (Å²) in [6.07, 6.45) is -3.08. The summed E-state index contributed by atoms with van der Waals surface area (Å²) in [6, 6.07) is 7.32. The predicted molar refractivity (Wildman–Crippen MR) is 118 cm³/mol. The van der Waals surface area contributed by atoms with Gasteiger partial charge >= 0.3 is 12.8 Å². The van der Waals surface area contributed by atoms with E-state index in [9.17, 15) is 22.0 Å². The van der Waals surface area contributed by atoms with Crippen molar-refractivity contribution in [2.45, 2.75) is 25.9 Å². The highest BCUT2D eigenvalue weighted by atomic mass is 127. The fraction of sp³-hybridized carbons (Fsp3) is 0.368. The second-order valence-corrected chi connectivity index (χ2v) is 6.04. The normalized spacial score (nSPS) is 11.6. The summed E-state index contributed by atoms with van der Waals surface area (Å²) in [6.45, 7) is -4.03. The number of ether oxygens (including phenoxy) is 3. The Morgan fingerprint density at radius 1 is 1.12 bits per heavy atom. The molecule has 7 nitrogen and oxygen atoms in total. The number of guanidine groups is 1. The average molecular weight is 576 g/mol. The standard InChI is InChI=1S/C19H21F5N4O3.HI/c1-25-18(27-9-12-3-6-16(26-8-12)30-11-19(22,23)24)28-10-13-7-14(29-2)4-5-15(13)31-17(20)21;/h3-8,17H,9-11H2,1-2H3,(H2,25,27,28);1H. The lowest BCUT2D eigenvalue weighted by molar-refractivity contribution is -0.154. The molecule has 0 radical (unpaired) electrons. The number of halogens is 6. The molecule has 2 aromatic rings. The van der Waals surface area contributed by atoms with Crippen molar-refractivity contribution in [2.24, 2.45) is 4.99 Å². The van der Waals surface area contributed by atoms with Crippen molar-refractivity contribution in [1.82, 2.24) is 15.6 Å². The molecule has 0 saturated heterocycles. The number of methoxy groups -OCH3 is 1. The minimum atomic E-state index is -4.44. The first-order chi connectivity index (χ1) is 14.7. The van der Waals surface area contributed by atoms with Crippen LogP contribution in [0.1, 0.15) is 11.1 Å². The van der Waals surface area contributed by atoms with E-state index in [1.807, 2.05) is 0 Å². The van der Waals surface area contributed by atoms with Gasteiger partial charge < -0.3 is 24.8 Å². The Morgan fingerprint density at radius 3 is 2.41 bits per heavy atom. The monoisotopic (exact) mass is 576 g/mol. The first-order valence-corrected chi connectivity index (χ1v) is 8.91. The van der Waals surface area contributed by atoms with Crippen LogP contribution in [0.5, 0.6) is 17.4 Å². The van der Waals surface area contributed by atoms with Crippen LogP contribution in [0.15, 0.2) is 41.5 Å². The van der Waals surface area contributed by atoms with Crippen LogP contribution in [0.4, 0.5) is 22.0 Å². The molecule has 1 aromatic heterocycles. The van der Waals surface area contributed by atoms with E-state index in [-0.39, 0.29) is 48.7 Å². The molecule has 2 rings (SSSR count). The minimum Gasteiger partial charge on any atom is -0.497 e. The molecule has 178 valence electrons. The summed E-state index contributed by atoms with van der Waals surface area (Å²) in [5.41, 5.74) is 1.08. The maximum Gasteiger partial charge on any atom is 0.422 e. The zero-order valence-corrected chi connectivity index (χ0v) is 19.4. The lowest BCUT2D eigenvalue weighted by Gasteiger charge is -2.15. The van der Waals surface area contributed by atoms with Gasteiger partial charge in [-0.3, -0.25) is 4.99 Å². The molecule has 0 aliphatic rings. The summed E-state index contributed by atoms with van der Waals surface area (Å²) < 4.78 is 75.9. The number of aliphatic imine (C=N–C) groups is 1. The summed E-state index contributed by atoms with van der Waals surface area (Å²) in [7, 11) is 2.97. The smallest absolute Gasteiger partial charge is 0.422 e. The largest absolute Gasteiger partial charge is 0.497 e. The molecular weight excluding hydrogens is 554 g/mol. The first kappa shape index (κ1) is 27.5. The van der Waals surface area contributed by atoms with Crippen molar-refractivity contribution in [3.8, 4) is 17.4 Å². The van der Waals surface area contributed by atoms with Gasteiger partial charge in [-0.05, 0) is 23.8 Å². The summed E-state index contributed by atoms with van der Waals surface area (Å²) >= 11 is 0. The van der Waals surface area contributed by atoms with E-state index in [1.54, 1.807) is 12.1 Å². The third kappa shape index (κ3) is 9.70. The minimum absolute atomic E-state index is 0. The van der Waals surface area contributed by atoms with Gasteiger partial charge in [-0.2, -0.15) is 22.0 Å². The summed E-state index contributed by atoms with van der Waals surface area (Å²) in [5, 5.41) is 5.94. The van der Waals surface area contributed by atoms with Gasteiger partial charge in [-0.15, -0.1) is 24.0 Å². The number of hydrogen-bond donors (Lipinski definition) is 2. The third-order valence-corrected chi connectivity index (χ3v) is 3.79. The molecule has 2 N–H and O–H groups in total. The highest BCUT2D eigenvalue weighted by molar-refractivity contribution is 14.0. The van der Waals surface area contributed by atoms with Crippen LogP contribution >= 0.6 is 24.0 Å². The number of nitrogens with one attached hydrogen (secondary N) is 2. The van der Waals surface area contributed by atoms with Gasteiger partial charge in [0, 0.05) is 38.0 Å². The molecule has 0 aliphatic heterocycles. The van der Waals surface area contributed by atoms with E-state index >= 15 is 0 Å². The van der Waals surface area contributed by atoms with Crippen molar-refractivity contribution < 1.29 is 36.2 Å². The van der Waals surface area contributed by atoms with Gasteiger partial charge in [0.05, 0.1) is 7.11 Å². The number of rotatable bonds is 9. The average Bonchev–Trinajstić information content (AvgIpc) is 2.73. The zero-order valence-electron chi connectivity index (χ0n) is 17.1. The zero-order chi connectivity index (χ0) is 22.9. The fourth-order valence-electron chi connectivity index (χ4n) is 2.37. The molecule has 13 heteroatoms. The Bertz CT molecular complexity index is 867.